The topological polar surface area (TPSA) is 29.3 Å². The lowest BCUT2D eigenvalue weighted by atomic mass is 9.99. The molecule has 0 aromatic carbocycles. The molecule has 1 aliphatic heterocycles. The second-order valence-electron chi connectivity index (χ2n) is 5.36. The van der Waals surface area contributed by atoms with Gasteiger partial charge in [0.05, 0.1) is 6.04 Å². The molecule has 19 heavy (non-hydrogen) atoms. The van der Waals surface area contributed by atoms with Crippen molar-refractivity contribution in [1.82, 2.24) is 10.1 Å². The predicted molar refractivity (Wildman–Crippen MR) is 77.3 cm³/mol. The standard InChI is InChI=1S/C15H20N2OS/c1-11-9-14(16-18-11)15-5-3-4-8-17(15)10-13-7-6-12(2)19-13/h6-7,9,15H,3-5,8,10H2,1-2H3. The van der Waals surface area contributed by atoms with Gasteiger partial charge in [0, 0.05) is 22.4 Å². The van der Waals surface area contributed by atoms with Crippen LogP contribution < -0.4 is 0 Å². The van der Waals surface area contributed by atoms with Gasteiger partial charge in [-0.1, -0.05) is 11.6 Å². The monoisotopic (exact) mass is 276 g/mol. The van der Waals surface area contributed by atoms with E-state index in [0.29, 0.717) is 6.04 Å². The number of likely N-dealkylation sites (tertiary alicyclic amines) is 1. The largest absolute Gasteiger partial charge is 0.361 e. The molecule has 1 saturated heterocycles. The third-order valence-corrected chi connectivity index (χ3v) is 4.74. The van der Waals surface area contributed by atoms with Gasteiger partial charge >= 0.3 is 0 Å². The van der Waals surface area contributed by atoms with Gasteiger partial charge in [-0.05, 0) is 45.4 Å². The van der Waals surface area contributed by atoms with Crippen molar-refractivity contribution in [2.45, 2.75) is 45.7 Å². The number of rotatable bonds is 3. The Morgan fingerprint density at radius 3 is 2.95 bits per heavy atom. The summed E-state index contributed by atoms with van der Waals surface area (Å²) in [6.07, 6.45) is 3.77. The Balaban J connectivity index is 1.77. The van der Waals surface area contributed by atoms with Crippen LogP contribution in [0.2, 0.25) is 0 Å². The highest BCUT2D eigenvalue weighted by Crippen LogP contribution is 2.32. The summed E-state index contributed by atoms with van der Waals surface area (Å²) in [5.41, 5.74) is 1.10. The molecular formula is C15H20N2OS. The minimum Gasteiger partial charge on any atom is -0.361 e. The Morgan fingerprint density at radius 2 is 2.26 bits per heavy atom. The fourth-order valence-electron chi connectivity index (χ4n) is 2.83. The number of hydrogen-bond acceptors (Lipinski definition) is 4. The number of piperidine rings is 1. The van der Waals surface area contributed by atoms with E-state index in [1.165, 1.54) is 29.0 Å². The summed E-state index contributed by atoms with van der Waals surface area (Å²) in [5, 5.41) is 4.22. The molecule has 3 nitrogen and oxygen atoms in total. The first-order valence-electron chi connectivity index (χ1n) is 6.95. The molecule has 3 rings (SSSR count). The van der Waals surface area contributed by atoms with Crippen molar-refractivity contribution in [3.8, 4) is 0 Å². The van der Waals surface area contributed by atoms with Crippen molar-refractivity contribution in [1.29, 1.82) is 0 Å². The summed E-state index contributed by atoms with van der Waals surface area (Å²) in [7, 11) is 0. The van der Waals surface area contributed by atoms with Crippen LogP contribution in [0.1, 0.15) is 46.5 Å². The van der Waals surface area contributed by atoms with Gasteiger partial charge in [0.25, 0.3) is 0 Å². The first-order valence-corrected chi connectivity index (χ1v) is 7.76. The Kier molecular flexibility index (Phi) is 3.71. The molecule has 1 aliphatic rings. The Labute approximate surface area is 118 Å². The molecule has 0 bridgehead atoms. The number of nitrogens with zero attached hydrogens (tertiary/aromatic N) is 2. The number of aromatic nitrogens is 1. The van der Waals surface area contributed by atoms with Gasteiger partial charge in [0.2, 0.25) is 0 Å². The zero-order valence-corrected chi connectivity index (χ0v) is 12.4. The van der Waals surface area contributed by atoms with Crippen LogP contribution in [0.4, 0.5) is 0 Å². The Morgan fingerprint density at radius 1 is 1.37 bits per heavy atom. The van der Waals surface area contributed by atoms with Crippen LogP contribution in [-0.4, -0.2) is 16.6 Å². The predicted octanol–water partition coefficient (Wildman–Crippen LogP) is 4.08. The van der Waals surface area contributed by atoms with Gasteiger partial charge in [-0.15, -0.1) is 11.3 Å². The van der Waals surface area contributed by atoms with Crippen molar-refractivity contribution in [2.24, 2.45) is 0 Å². The molecule has 0 spiro atoms. The summed E-state index contributed by atoms with van der Waals surface area (Å²) in [4.78, 5) is 5.39. The summed E-state index contributed by atoms with van der Waals surface area (Å²) >= 11 is 1.90. The lowest BCUT2D eigenvalue weighted by Gasteiger charge is -2.34. The highest BCUT2D eigenvalue weighted by molar-refractivity contribution is 7.11. The fraction of sp³-hybridized carbons (Fsp3) is 0.533. The van der Waals surface area contributed by atoms with E-state index >= 15 is 0 Å². The van der Waals surface area contributed by atoms with E-state index in [0.717, 1.165) is 24.5 Å². The number of hydrogen-bond donors (Lipinski definition) is 0. The highest BCUT2D eigenvalue weighted by Gasteiger charge is 2.26. The lowest BCUT2D eigenvalue weighted by molar-refractivity contribution is 0.135. The van der Waals surface area contributed by atoms with E-state index in [1.807, 2.05) is 18.3 Å². The molecule has 3 heterocycles. The quantitative estimate of drug-likeness (QED) is 0.846. The van der Waals surface area contributed by atoms with E-state index in [9.17, 15) is 0 Å². The first-order chi connectivity index (χ1) is 9.22. The van der Waals surface area contributed by atoms with E-state index in [4.69, 9.17) is 4.52 Å². The fourth-order valence-corrected chi connectivity index (χ4v) is 3.74. The maximum atomic E-state index is 5.25. The minimum atomic E-state index is 0.425. The zero-order chi connectivity index (χ0) is 13.2. The van der Waals surface area contributed by atoms with Gasteiger partial charge in [-0.25, -0.2) is 0 Å². The summed E-state index contributed by atoms with van der Waals surface area (Å²) in [6, 6.07) is 6.97. The third kappa shape index (κ3) is 2.90. The van der Waals surface area contributed by atoms with Gasteiger partial charge in [-0.3, -0.25) is 4.90 Å². The number of aryl methyl sites for hydroxylation is 2. The summed E-state index contributed by atoms with van der Waals surface area (Å²) < 4.78 is 5.25. The maximum Gasteiger partial charge on any atom is 0.133 e. The van der Waals surface area contributed by atoms with Crippen LogP contribution >= 0.6 is 11.3 Å². The van der Waals surface area contributed by atoms with Crippen LogP contribution in [0.15, 0.2) is 22.7 Å². The van der Waals surface area contributed by atoms with Gasteiger partial charge < -0.3 is 4.52 Å². The van der Waals surface area contributed by atoms with E-state index < -0.39 is 0 Å². The SMILES string of the molecule is Cc1cc(C2CCCCN2Cc2ccc(C)s2)no1. The molecular weight excluding hydrogens is 256 g/mol. The molecule has 0 N–H and O–H groups in total. The zero-order valence-electron chi connectivity index (χ0n) is 11.6. The number of thiophene rings is 1. The smallest absolute Gasteiger partial charge is 0.133 e. The van der Waals surface area contributed by atoms with Crippen LogP contribution in [0, 0.1) is 13.8 Å². The summed E-state index contributed by atoms with van der Waals surface area (Å²) in [5.74, 6) is 0.910. The van der Waals surface area contributed by atoms with Crippen molar-refractivity contribution in [3.05, 3.63) is 39.4 Å². The highest BCUT2D eigenvalue weighted by atomic mass is 32.1. The average molecular weight is 276 g/mol. The van der Waals surface area contributed by atoms with Crippen molar-refractivity contribution < 1.29 is 4.52 Å². The molecule has 2 aromatic rings. The molecule has 0 amide bonds. The molecule has 4 heteroatoms. The van der Waals surface area contributed by atoms with Crippen LogP contribution in [0.25, 0.3) is 0 Å². The van der Waals surface area contributed by atoms with Crippen molar-refractivity contribution >= 4 is 11.3 Å². The van der Waals surface area contributed by atoms with Gasteiger partial charge in [0.1, 0.15) is 11.5 Å². The Bertz CT molecular complexity index is 546. The molecule has 102 valence electrons. The first kappa shape index (κ1) is 12.9. The van der Waals surface area contributed by atoms with E-state index in [2.05, 4.69) is 35.2 Å². The normalized spacial score (nSPS) is 20.8. The third-order valence-electron chi connectivity index (χ3n) is 3.76. The second kappa shape index (κ2) is 5.47. The van der Waals surface area contributed by atoms with Crippen molar-refractivity contribution in [3.63, 3.8) is 0 Å². The van der Waals surface area contributed by atoms with Crippen molar-refractivity contribution in [2.75, 3.05) is 6.54 Å². The molecule has 0 aliphatic carbocycles. The van der Waals surface area contributed by atoms with Gasteiger partial charge in [0.15, 0.2) is 0 Å². The molecule has 2 aromatic heterocycles. The molecule has 1 atom stereocenters. The molecule has 0 saturated carbocycles. The van der Waals surface area contributed by atoms with Crippen LogP contribution in [0.5, 0.6) is 0 Å². The second-order valence-corrected chi connectivity index (χ2v) is 6.73. The maximum absolute atomic E-state index is 5.25. The summed E-state index contributed by atoms with van der Waals surface area (Å²) in [6.45, 7) is 6.33. The van der Waals surface area contributed by atoms with E-state index in [-0.39, 0.29) is 0 Å². The van der Waals surface area contributed by atoms with Crippen LogP contribution in [-0.2, 0) is 6.54 Å². The molecule has 1 unspecified atom stereocenters. The minimum absolute atomic E-state index is 0.425. The average Bonchev–Trinajstić information content (AvgIpc) is 2.99. The lowest BCUT2D eigenvalue weighted by Crippen LogP contribution is -2.32. The Hall–Kier alpha value is -1.13. The molecule has 0 radical (unpaired) electrons. The molecule has 1 fully saturated rings. The van der Waals surface area contributed by atoms with E-state index in [1.54, 1.807) is 0 Å². The van der Waals surface area contributed by atoms with Gasteiger partial charge in [-0.2, -0.15) is 0 Å². The van der Waals surface area contributed by atoms with Crippen LogP contribution in [0.3, 0.4) is 0 Å².